The zero-order valence-electron chi connectivity index (χ0n) is 21.0. The Bertz CT molecular complexity index is 1070. The summed E-state index contributed by atoms with van der Waals surface area (Å²) in [4.78, 5) is 31.9. The molecule has 7 heteroatoms. The minimum Gasteiger partial charge on any atom is -0.507 e. The number of aryl methyl sites for hydroxylation is 1. The fraction of sp³-hybridized carbons (Fsp3) is 0.407. The number of carbonyl (C=O) groups is 2. The lowest BCUT2D eigenvalue weighted by Crippen LogP contribution is -2.32. The van der Waals surface area contributed by atoms with E-state index in [1.54, 1.807) is 17.0 Å². The zero-order valence-corrected chi connectivity index (χ0v) is 21.0. The number of carbonyl (C=O) groups excluding carboxylic acids is 2. The number of hydrogen-bond donors (Lipinski definition) is 1. The normalized spacial score (nSPS) is 17.5. The van der Waals surface area contributed by atoms with Gasteiger partial charge >= 0.3 is 0 Å². The number of hydrogen-bond acceptors (Lipinski definition) is 6. The van der Waals surface area contributed by atoms with Crippen molar-refractivity contribution in [3.63, 3.8) is 0 Å². The molecule has 1 heterocycles. The largest absolute Gasteiger partial charge is 0.507 e. The summed E-state index contributed by atoms with van der Waals surface area (Å²) in [7, 11) is 7.86. The number of likely N-dealkylation sites (tertiary alicyclic amines) is 1. The molecular weight excluding hydrogens is 430 g/mol. The minimum atomic E-state index is -0.655. The van der Waals surface area contributed by atoms with Crippen LogP contribution in [0, 0.1) is 6.92 Å². The van der Waals surface area contributed by atoms with E-state index in [1.807, 2.05) is 82.2 Å². The Morgan fingerprint density at radius 2 is 1.74 bits per heavy atom. The average Bonchev–Trinajstić information content (AvgIpc) is 3.04. The van der Waals surface area contributed by atoms with Gasteiger partial charge < -0.3 is 24.5 Å². The van der Waals surface area contributed by atoms with E-state index < -0.39 is 17.7 Å². The summed E-state index contributed by atoms with van der Waals surface area (Å²) >= 11 is 0. The number of nitrogens with zero attached hydrogens (tertiary/aromatic N) is 3. The van der Waals surface area contributed by atoms with Gasteiger partial charge in [0.2, 0.25) is 0 Å². The molecule has 182 valence electrons. The van der Waals surface area contributed by atoms with Crippen LogP contribution in [0.2, 0.25) is 0 Å². The third-order valence-corrected chi connectivity index (χ3v) is 6.03. The van der Waals surface area contributed by atoms with Gasteiger partial charge in [0, 0.05) is 31.9 Å². The molecule has 2 aromatic rings. The number of aliphatic hydroxyl groups excluding tert-OH is 1. The van der Waals surface area contributed by atoms with Gasteiger partial charge in [-0.1, -0.05) is 12.1 Å². The van der Waals surface area contributed by atoms with Gasteiger partial charge in [0.05, 0.1) is 18.2 Å². The molecule has 7 nitrogen and oxygen atoms in total. The predicted molar refractivity (Wildman–Crippen MR) is 135 cm³/mol. The van der Waals surface area contributed by atoms with E-state index in [2.05, 4.69) is 0 Å². The fourth-order valence-electron chi connectivity index (χ4n) is 4.27. The second-order valence-electron chi connectivity index (χ2n) is 9.05. The van der Waals surface area contributed by atoms with E-state index in [-0.39, 0.29) is 11.3 Å². The number of benzene rings is 2. The van der Waals surface area contributed by atoms with Crippen molar-refractivity contribution in [1.82, 2.24) is 9.80 Å². The minimum absolute atomic E-state index is 0.125. The van der Waals surface area contributed by atoms with Gasteiger partial charge in [-0.2, -0.15) is 0 Å². The Morgan fingerprint density at radius 3 is 2.29 bits per heavy atom. The van der Waals surface area contributed by atoms with Crippen molar-refractivity contribution < 1.29 is 19.4 Å². The molecule has 0 spiro atoms. The van der Waals surface area contributed by atoms with Gasteiger partial charge in [0.1, 0.15) is 11.5 Å². The quantitative estimate of drug-likeness (QED) is 0.345. The third-order valence-electron chi connectivity index (χ3n) is 6.03. The van der Waals surface area contributed by atoms with Crippen LogP contribution >= 0.6 is 0 Å². The molecular formula is C27H35N3O4. The van der Waals surface area contributed by atoms with Gasteiger partial charge in [-0.05, 0) is 82.4 Å². The van der Waals surface area contributed by atoms with Crippen molar-refractivity contribution >= 4 is 23.1 Å². The van der Waals surface area contributed by atoms with Gasteiger partial charge in [0.15, 0.2) is 0 Å². The molecule has 1 atom stereocenters. The van der Waals surface area contributed by atoms with E-state index in [4.69, 9.17) is 4.74 Å². The highest BCUT2D eigenvalue weighted by atomic mass is 16.5. The molecule has 1 aliphatic rings. The van der Waals surface area contributed by atoms with Crippen LogP contribution in [0.25, 0.3) is 5.76 Å². The Morgan fingerprint density at radius 1 is 1.06 bits per heavy atom. The molecule has 1 saturated heterocycles. The number of ketones is 1. The molecule has 34 heavy (non-hydrogen) atoms. The summed E-state index contributed by atoms with van der Waals surface area (Å²) in [5, 5.41) is 11.3. The molecule has 0 aromatic heterocycles. The highest BCUT2D eigenvalue weighted by Gasteiger charge is 2.45. The zero-order chi connectivity index (χ0) is 25.0. The Labute approximate surface area is 202 Å². The molecule has 0 unspecified atom stereocenters. The third kappa shape index (κ3) is 5.25. The summed E-state index contributed by atoms with van der Waals surface area (Å²) in [6.45, 7) is 5.50. The lowest BCUT2D eigenvalue weighted by Gasteiger charge is -2.26. The van der Waals surface area contributed by atoms with Gasteiger partial charge in [-0.25, -0.2) is 0 Å². The first kappa shape index (κ1) is 25.3. The van der Waals surface area contributed by atoms with Crippen molar-refractivity contribution in [2.24, 2.45) is 0 Å². The number of anilines is 1. The molecule has 0 bridgehead atoms. The maximum atomic E-state index is 13.2. The molecule has 0 aliphatic carbocycles. The highest BCUT2D eigenvalue weighted by molar-refractivity contribution is 6.46. The number of Topliss-reactive ketones (excluding diaryl/α,β-unsaturated/α-hetero) is 1. The van der Waals surface area contributed by atoms with Crippen molar-refractivity contribution in [3.8, 4) is 5.75 Å². The first-order chi connectivity index (χ1) is 16.1. The Kier molecular flexibility index (Phi) is 7.99. The van der Waals surface area contributed by atoms with E-state index >= 15 is 0 Å². The molecule has 1 fully saturated rings. The SMILES string of the molecule is CCOc1ccc(C(O)=C2C(=O)C(=O)N(CCCN(C)C)[C@H]2c2ccc(N(C)C)cc2)c(C)c1. The Hall–Kier alpha value is -3.32. The van der Waals surface area contributed by atoms with E-state index in [0.29, 0.717) is 30.9 Å². The van der Waals surface area contributed by atoms with Crippen LogP contribution in [0.3, 0.4) is 0 Å². The maximum Gasteiger partial charge on any atom is 0.295 e. The molecule has 3 rings (SSSR count). The number of rotatable bonds is 9. The number of aliphatic hydroxyl groups is 1. The van der Waals surface area contributed by atoms with Crippen LogP contribution in [0.5, 0.6) is 5.75 Å². The molecule has 0 radical (unpaired) electrons. The standard InChI is InChI=1S/C27H35N3O4/c1-7-34-21-13-14-22(18(2)17-21)25(31)23-24(19-9-11-20(12-10-19)29(5)6)30(27(33)26(23)32)16-8-15-28(3)4/h9-14,17,24,31H,7-8,15-16H2,1-6H3/t24-/m0/s1. The second kappa shape index (κ2) is 10.7. The number of amides is 1. The molecule has 2 aromatic carbocycles. The van der Waals surface area contributed by atoms with Crippen molar-refractivity contribution in [2.75, 3.05) is 52.8 Å². The summed E-state index contributed by atoms with van der Waals surface area (Å²) in [5.41, 5.74) is 3.21. The van der Waals surface area contributed by atoms with Crippen LogP contribution in [-0.2, 0) is 9.59 Å². The van der Waals surface area contributed by atoms with Crippen LogP contribution < -0.4 is 9.64 Å². The van der Waals surface area contributed by atoms with E-state index in [1.165, 1.54) is 0 Å². The van der Waals surface area contributed by atoms with Crippen LogP contribution in [0.15, 0.2) is 48.0 Å². The number of ether oxygens (including phenoxy) is 1. The van der Waals surface area contributed by atoms with Crippen LogP contribution in [-0.4, -0.2) is 74.5 Å². The fourth-order valence-corrected chi connectivity index (χ4v) is 4.27. The maximum absolute atomic E-state index is 13.2. The van der Waals surface area contributed by atoms with Gasteiger partial charge in [-0.15, -0.1) is 0 Å². The van der Waals surface area contributed by atoms with E-state index in [0.717, 1.165) is 23.4 Å². The lowest BCUT2D eigenvalue weighted by molar-refractivity contribution is -0.139. The smallest absolute Gasteiger partial charge is 0.295 e. The van der Waals surface area contributed by atoms with Gasteiger partial charge in [0.25, 0.3) is 11.7 Å². The first-order valence-corrected chi connectivity index (χ1v) is 11.6. The van der Waals surface area contributed by atoms with Crippen molar-refractivity contribution in [1.29, 1.82) is 0 Å². The Balaban J connectivity index is 2.10. The average molecular weight is 466 g/mol. The molecule has 1 aliphatic heterocycles. The summed E-state index contributed by atoms with van der Waals surface area (Å²) in [6.07, 6.45) is 0.717. The first-order valence-electron chi connectivity index (χ1n) is 11.6. The topological polar surface area (TPSA) is 73.3 Å². The molecule has 1 N–H and O–H groups in total. The summed E-state index contributed by atoms with van der Waals surface area (Å²) < 4.78 is 5.55. The molecule has 1 amide bonds. The summed E-state index contributed by atoms with van der Waals surface area (Å²) in [5.74, 6) is -0.699. The van der Waals surface area contributed by atoms with Crippen molar-refractivity contribution in [3.05, 3.63) is 64.7 Å². The highest BCUT2D eigenvalue weighted by Crippen LogP contribution is 2.40. The predicted octanol–water partition coefficient (Wildman–Crippen LogP) is 3.83. The monoisotopic (exact) mass is 465 g/mol. The lowest BCUT2D eigenvalue weighted by atomic mass is 9.93. The van der Waals surface area contributed by atoms with Crippen molar-refractivity contribution in [2.45, 2.75) is 26.3 Å². The van der Waals surface area contributed by atoms with Crippen LogP contribution in [0.1, 0.15) is 36.1 Å². The molecule has 0 saturated carbocycles. The van der Waals surface area contributed by atoms with E-state index in [9.17, 15) is 14.7 Å². The summed E-state index contributed by atoms with van der Waals surface area (Å²) in [6, 6.07) is 12.4. The second-order valence-corrected chi connectivity index (χ2v) is 9.05. The van der Waals surface area contributed by atoms with Crippen LogP contribution in [0.4, 0.5) is 5.69 Å². The van der Waals surface area contributed by atoms with Gasteiger partial charge in [-0.3, -0.25) is 9.59 Å².